The van der Waals surface area contributed by atoms with Crippen molar-refractivity contribution in [2.24, 2.45) is 0 Å². The van der Waals surface area contributed by atoms with Crippen molar-refractivity contribution < 1.29 is 28.6 Å². The van der Waals surface area contributed by atoms with Crippen LogP contribution in [0, 0.1) is 0 Å². The highest BCUT2D eigenvalue weighted by Gasteiger charge is 2.37. The van der Waals surface area contributed by atoms with Crippen LogP contribution in [0.2, 0.25) is 20.1 Å². The lowest BCUT2D eigenvalue weighted by Gasteiger charge is -2.26. The van der Waals surface area contributed by atoms with E-state index in [1.165, 1.54) is 31.4 Å². The molecule has 1 heterocycles. The van der Waals surface area contributed by atoms with E-state index in [0.717, 1.165) is 16.0 Å². The third-order valence-corrected chi connectivity index (χ3v) is 7.58. The third kappa shape index (κ3) is 7.11. The van der Waals surface area contributed by atoms with E-state index in [9.17, 15) is 14.4 Å². The van der Waals surface area contributed by atoms with Gasteiger partial charge in [-0.15, -0.1) is 0 Å². The Balaban J connectivity index is 1.33. The minimum absolute atomic E-state index is 0.177. The summed E-state index contributed by atoms with van der Waals surface area (Å²) >= 11 is 24.6. The minimum Gasteiger partial charge on any atom is -0.493 e. The summed E-state index contributed by atoms with van der Waals surface area (Å²) in [5.41, 5.74) is 1.91. The van der Waals surface area contributed by atoms with Gasteiger partial charge in [-0.2, -0.15) is 0 Å². The summed E-state index contributed by atoms with van der Waals surface area (Å²) in [4.78, 5) is 39.7. The van der Waals surface area contributed by atoms with Crippen LogP contribution in [-0.2, 0) is 22.8 Å². The fourth-order valence-corrected chi connectivity index (χ4v) is 5.11. The lowest BCUT2D eigenvalue weighted by atomic mass is 10.1. The summed E-state index contributed by atoms with van der Waals surface area (Å²) in [5, 5.41) is 3.97. The molecule has 0 saturated carbocycles. The summed E-state index contributed by atoms with van der Waals surface area (Å²) in [6.07, 6.45) is 1.32. The van der Waals surface area contributed by atoms with Crippen molar-refractivity contribution in [1.29, 1.82) is 0 Å². The highest BCUT2D eigenvalue weighted by atomic mass is 35.5. The van der Waals surface area contributed by atoms with E-state index in [1.54, 1.807) is 48.5 Å². The number of amides is 4. The van der Waals surface area contributed by atoms with Gasteiger partial charge in [0.2, 0.25) is 0 Å². The number of rotatable bonds is 9. The number of carbonyl (C=O) groups excluding carboxylic acids is 3. The fraction of sp³-hybridized carbons (Fsp3) is 0.0938. The molecular weight excluding hydrogens is 650 g/mol. The second-order valence-electron chi connectivity index (χ2n) is 9.43. The van der Waals surface area contributed by atoms with Crippen LogP contribution >= 0.6 is 46.4 Å². The summed E-state index contributed by atoms with van der Waals surface area (Å²) in [7, 11) is 1.44. The highest BCUT2D eigenvalue weighted by Crippen LogP contribution is 2.38. The van der Waals surface area contributed by atoms with E-state index in [1.807, 2.05) is 12.1 Å². The zero-order valence-corrected chi connectivity index (χ0v) is 25.9. The fourth-order valence-electron chi connectivity index (χ4n) is 4.25. The largest absolute Gasteiger partial charge is 0.493 e. The van der Waals surface area contributed by atoms with Crippen LogP contribution in [0.25, 0.3) is 6.08 Å². The van der Waals surface area contributed by atoms with Gasteiger partial charge in [0.15, 0.2) is 11.5 Å². The van der Waals surface area contributed by atoms with Crippen molar-refractivity contribution in [3.05, 3.63) is 121 Å². The topological polar surface area (TPSA) is 94.2 Å². The molecule has 4 aromatic carbocycles. The molecule has 1 saturated heterocycles. The molecule has 12 heteroatoms. The van der Waals surface area contributed by atoms with Crippen LogP contribution in [0.4, 0.5) is 10.5 Å². The Morgan fingerprint density at radius 2 is 1.48 bits per heavy atom. The molecule has 0 aliphatic carbocycles. The smallest absolute Gasteiger partial charge is 0.335 e. The molecule has 0 radical (unpaired) electrons. The second-order valence-corrected chi connectivity index (χ2v) is 11.1. The van der Waals surface area contributed by atoms with Crippen LogP contribution in [0.1, 0.15) is 16.7 Å². The number of nitrogens with zero attached hydrogens (tertiary/aromatic N) is 1. The van der Waals surface area contributed by atoms with Gasteiger partial charge in [-0.25, -0.2) is 9.69 Å². The normalized spacial score (nSPS) is 14.1. The van der Waals surface area contributed by atoms with Crippen molar-refractivity contribution in [1.82, 2.24) is 5.32 Å². The van der Waals surface area contributed by atoms with Gasteiger partial charge in [-0.05, 0) is 77.9 Å². The number of carbonyl (C=O) groups is 3. The Labute approximate surface area is 272 Å². The van der Waals surface area contributed by atoms with E-state index in [2.05, 4.69) is 5.32 Å². The van der Waals surface area contributed by atoms with E-state index >= 15 is 0 Å². The number of urea groups is 1. The van der Waals surface area contributed by atoms with Gasteiger partial charge in [0.25, 0.3) is 11.8 Å². The van der Waals surface area contributed by atoms with Crippen LogP contribution in [0.3, 0.4) is 0 Å². The monoisotopic (exact) mass is 670 g/mol. The first-order valence-electron chi connectivity index (χ1n) is 13.0. The molecule has 0 atom stereocenters. The average molecular weight is 672 g/mol. The highest BCUT2D eigenvalue weighted by molar-refractivity contribution is 6.39. The first-order valence-corrected chi connectivity index (χ1v) is 14.5. The number of benzene rings is 4. The summed E-state index contributed by atoms with van der Waals surface area (Å²) in [6, 6.07) is 20.6. The maximum Gasteiger partial charge on any atom is 0.335 e. The van der Waals surface area contributed by atoms with Gasteiger partial charge in [-0.1, -0.05) is 64.6 Å². The zero-order valence-electron chi connectivity index (χ0n) is 22.9. The summed E-state index contributed by atoms with van der Waals surface area (Å²) in [6.45, 7) is 0.376. The Hall–Kier alpha value is -4.21. The maximum absolute atomic E-state index is 13.4. The summed E-state index contributed by atoms with van der Waals surface area (Å²) in [5.74, 6) is -0.641. The number of nitrogens with one attached hydrogen (secondary N) is 1. The van der Waals surface area contributed by atoms with Crippen LogP contribution in [-0.4, -0.2) is 25.0 Å². The van der Waals surface area contributed by atoms with E-state index < -0.39 is 17.8 Å². The van der Waals surface area contributed by atoms with Crippen LogP contribution in [0.15, 0.2) is 84.4 Å². The SMILES string of the molecule is COc1cc(/C=C2\C(=O)NC(=O)N(c3ccc(OCc4ccc(Cl)cc4Cl)cc3)C2=O)cc(Cl)c1OCc1ccc(Cl)cc1. The van der Waals surface area contributed by atoms with Gasteiger partial charge in [0.05, 0.1) is 17.8 Å². The minimum atomic E-state index is -0.889. The molecule has 1 aliphatic heterocycles. The lowest BCUT2D eigenvalue weighted by molar-refractivity contribution is -0.122. The number of methoxy groups -OCH3 is 1. The first-order chi connectivity index (χ1) is 21.1. The lowest BCUT2D eigenvalue weighted by Crippen LogP contribution is -2.54. The van der Waals surface area contributed by atoms with Crippen molar-refractivity contribution in [2.75, 3.05) is 12.0 Å². The van der Waals surface area contributed by atoms with Gasteiger partial charge < -0.3 is 14.2 Å². The molecule has 224 valence electrons. The Kier molecular flexibility index (Phi) is 9.66. The average Bonchev–Trinajstić information content (AvgIpc) is 2.99. The van der Waals surface area contributed by atoms with Crippen molar-refractivity contribution in [3.63, 3.8) is 0 Å². The number of hydrogen-bond donors (Lipinski definition) is 1. The molecule has 0 unspecified atom stereocenters. The van der Waals surface area contributed by atoms with E-state index in [4.69, 9.17) is 60.6 Å². The van der Waals surface area contributed by atoms with Gasteiger partial charge in [-0.3, -0.25) is 14.9 Å². The molecule has 1 N–H and O–H groups in total. The van der Waals surface area contributed by atoms with Gasteiger partial charge in [0.1, 0.15) is 24.5 Å². The number of anilines is 1. The van der Waals surface area contributed by atoms with Crippen LogP contribution in [0.5, 0.6) is 17.2 Å². The molecule has 1 aliphatic rings. The summed E-state index contributed by atoms with van der Waals surface area (Å²) < 4.78 is 17.1. The first kappa shape index (κ1) is 31.2. The molecule has 44 heavy (non-hydrogen) atoms. The van der Waals surface area contributed by atoms with Crippen molar-refractivity contribution in [3.8, 4) is 17.2 Å². The molecule has 4 aromatic rings. The van der Waals surface area contributed by atoms with Crippen LogP contribution < -0.4 is 24.4 Å². The number of barbiturate groups is 1. The van der Waals surface area contributed by atoms with Gasteiger partial charge in [0, 0.05) is 20.6 Å². The maximum atomic E-state index is 13.4. The molecule has 0 bridgehead atoms. The molecule has 0 spiro atoms. The third-order valence-electron chi connectivity index (χ3n) is 6.47. The van der Waals surface area contributed by atoms with Crippen molar-refractivity contribution in [2.45, 2.75) is 13.2 Å². The Morgan fingerprint density at radius 1 is 0.773 bits per heavy atom. The number of ether oxygens (including phenoxy) is 3. The number of halogens is 4. The molecule has 5 rings (SSSR count). The van der Waals surface area contributed by atoms with E-state index in [0.29, 0.717) is 26.4 Å². The standard InChI is InChI=1S/C32H22Cl4N2O6/c1-42-28-14-19(13-27(36)29(28)44-16-18-2-5-21(33)6-3-18)12-25-30(39)37-32(41)38(31(25)40)23-8-10-24(11-9-23)43-17-20-4-7-22(34)15-26(20)35/h2-15H,16-17H2,1H3,(H,37,39,41)/b25-12+. The predicted octanol–water partition coefficient (Wildman–Crippen LogP) is 8.13. The molecule has 0 aromatic heterocycles. The quantitative estimate of drug-likeness (QED) is 0.143. The van der Waals surface area contributed by atoms with E-state index in [-0.39, 0.29) is 41.0 Å². The number of hydrogen-bond acceptors (Lipinski definition) is 6. The van der Waals surface area contributed by atoms with Crippen molar-refractivity contribution >= 4 is 76.0 Å². The second kappa shape index (κ2) is 13.6. The molecule has 8 nitrogen and oxygen atoms in total. The Morgan fingerprint density at radius 3 is 2.16 bits per heavy atom. The zero-order chi connectivity index (χ0) is 31.4. The van der Waals surface area contributed by atoms with Gasteiger partial charge >= 0.3 is 6.03 Å². The predicted molar refractivity (Wildman–Crippen MR) is 170 cm³/mol. The Bertz CT molecular complexity index is 1780. The molecular formula is C32H22Cl4N2O6. The number of imide groups is 2. The molecule has 4 amide bonds. The molecule has 1 fully saturated rings.